The normalized spacial score (nSPS) is 17.8. The van der Waals surface area contributed by atoms with E-state index in [9.17, 15) is 19.5 Å². The first-order chi connectivity index (χ1) is 10.8. The second-order valence-electron chi connectivity index (χ2n) is 5.00. The highest BCUT2D eigenvalue weighted by Gasteiger charge is 2.37. The Balaban J connectivity index is 2.24. The van der Waals surface area contributed by atoms with Crippen molar-refractivity contribution in [2.75, 3.05) is 0 Å². The Morgan fingerprint density at radius 2 is 2.22 bits per heavy atom. The summed E-state index contributed by atoms with van der Waals surface area (Å²) >= 11 is 6.12. The van der Waals surface area contributed by atoms with Crippen molar-refractivity contribution in [2.24, 2.45) is 12.8 Å². The molecule has 0 saturated carbocycles. The number of rotatable bonds is 6. The van der Waals surface area contributed by atoms with Gasteiger partial charge in [0.15, 0.2) is 0 Å². The molecule has 1 aromatic rings. The summed E-state index contributed by atoms with van der Waals surface area (Å²) in [5, 5.41) is 11.3. The quantitative estimate of drug-likeness (QED) is 0.552. The van der Waals surface area contributed by atoms with E-state index in [2.05, 4.69) is 0 Å². The maximum absolute atomic E-state index is 12.5. The van der Waals surface area contributed by atoms with Gasteiger partial charge in [-0.15, -0.1) is 0 Å². The second-order valence-corrected chi connectivity index (χ2v) is 6.68. The fourth-order valence-corrected chi connectivity index (χ4v) is 3.50. The molecule has 0 spiro atoms. The Hall–Kier alpha value is -2.13. The lowest BCUT2D eigenvalue weighted by Crippen LogP contribution is -2.50. The van der Waals surface area contributed by atoms with Crippen LogP contribution >= 0.6 is 24.0 Å². The fourth-order valence-electron chi connectivity index (χ4n) is 2.14. The average Bonchev–Trinajstić information content (AvgIpc) is 2.96. The fraction of sp³-hybridized carbons (Fsp3) is 0.286. The number of aromatic nitrogens is 1. The van der Waals surface area contributed by atoms with Crippen LogP contribution in [-0.2, 0) is 21.4 Å². The largest absolute Gasteiger partial charge is 0.548 e. The van der Waals surface area contributed by atoms with Gasteiger partial charge in [-0.2, -0.15) is 0 Å². The lowest BCUT2D eigenvalue weighted by Gasteiger charge is -2.27. The van der Waals surface area contributed by atoms with Crippen molar-refractivity contribution in [2.45, 2.75) is 18.9 Å². The third kappa shape index (κ3) is 3.99. The van der Waals surface area contributed by atoms with Gasteiger partial charge in [0.05, 0.1) is 16.9 Å². The lowest BCUT2D eigenvalue weighted by molar-refractivity contribution is -0.310. The monoisotopic (exact) mass is 352 g/mol. The maximum Gasteiger partial charge on any atom is 0.266 e. The van der Waals surface area contributed by atoms with Gasteiger partial charge >= 0.3 is 0 Å². The summed E-state index contributed by atoms with van der Waals surface area (Å²) in [6.45, 7) is 0. The van der Waals surface area contributed by atoms with E-state index in [4.69, 9.17) is 18.0 Å². The van der Waals surface area contributed by atoms with Gasteiger partial charge in [-0.1, -0.05) is 24.0 Å². The molecule has 1 atom stereocenters. The molecular weight excluding hydrogens is 338 g/mol. The van der Waals surface area contributed by atoms with Crippen LogP contribution in [0.4, 0.5) is 0 Å². The highest BCUT2D eigenvalue weighted by Crippen LogP contribution is 2.34. The molecule has 23 heavy (non-hydrogen) atoms. The van der Waals surface area contributed by atoms with E-state index < -0.39 is 23.8 Å². The Labute approximate surface area is 142 Å². The van der Waals surface area contributed by atoms with E-state index in [0.29, 0.717) is 4.91 Å². The number of amides is 2. The molecule has 1 saturated heterocycles. The molecule has 0 aliphatic carbocycles. The minimum Gasteiger partial charge on any atom is -0.548 e. The Morgan fingerprint density at radius 1 is 1.52 bits per heavy atom. The smallest absolute Gasteiger partial charge is 0.266 e. The first kappa shape index (κ1) is 17.2. The van der Waals surface area contributed by atoms with Crippen molar-refractivity contribution in [3.8, 4) is 0 Å². The van der Waals surface area contributed by atoms with Gasteiger partial charge in [0.1, 0.15) is 4.32 Å². The SMILES string of the molecule is Cn1ccc(/C=C2/SC(=S)N([C@@H](CCC(N)=O)C(=O)[O-])C2=O)c1. The standard InChI is InChI=1S/C14H15N3O4S2/c1-16-5-4-8(7-16)6-10-12(19)17(14(22)23-10)9(13(20)21)2-3-11(15)18/h4-7,9H,2-3H2,1H3,(H2,15,18)(H,20,21)/p-1/b10-6+/t9-/m0/s1. The molecule has 2 amide bonds. The van der Waals surface area contributed by atoms with Gasteiger partial charge in [-0.05, 0) is 24.1 Å². The number of carboxylic acid groups (broad SMARTS) is 1. The van der Waals surface area contributed by atoms with Gasteiger partial charge < -0.3 is 20.2 Å². The number of nitrogens with two attached hydrogens (primary N) is 1. The summed E-state index contributed by atoms with van der Waals surface area (Å²) in [5.41, 5.74) is 5.83. The van der Waals surface area contributed by atoms with E-state index in [0.717, 1.165) is 22.2 Å². The lowest BCUT2D eigenvalue weighted by atomic mass is 10.1. The predicted molar refractivity (Wildman–Crippen MR) is 87.6 cm³/mol. The first-order valence-electron chi connectivity index (χ1n) is 6.68. The van der Waals surface area contributed by atoms with Crippen LogP contribution in [0, 0.1) is 0 Å². The van der Waals surface area contributed by atoms with Gasteiger partial charge in [-0.3, -0.25) is 14.5 Å². The summed E-state index contributed by atoms with van der Waals surface area (Å²) < 4.78 is 1.94. The Kier molecular flexibility index (Phi) is 5.22. The van der Waals surface area contributed by atoms with E-state index >= 15 is 0 Å². The molecule has 1 aliphatic heterocycles. The zero-order valence-electron chi connectivity index (χ0n) is 12.2. The molecule has 1 fully saturated rings. The third-order valence-corrected chi connectivity index (χ3v) is 4.55. The zero-order valence-corrected chi connectivity index (χ0v) is 13.9. The van der Waals surface area contributed by atoms with Crippen molar-refractivity contribution >= 4 is 52.2 Å². The summed E-state index contributed by atoms with van der Waals surface area (Å²) in [5.74, 6) is -2.63. The Bertz CT molecular complexity index is 711. The number of primary amides is 1. The molecule has 9 heteroatoms. The van der Waals surface area contributed by atoms with Crippen molar-refractivity contribution in [3.63, 3.8) is 0 Å². The zero-order chi connectivity index (χ0) is 17.1. The molecular formula is C14H14N3O4S2-. The van der Waals surface area contributed by atoms with E-state index in [1.54, 1.807) is 6.08 Å². The number of aryl methyl sites for hydroxylation is 1. The summed E-state index contributed by atoms with van der Waals surface area (Å²) in [7, 11) is 1.85. The highest BCUT2D eigenvalue weighted by molar-refractivity contribution is 8.26. The molecule has 1 aliphatic rings. The van der Waals surface area contributed by atoms with Crippen LogP contribution in [0.5, 0.6) is 0 Å². The van der Waals surface area contributed by atoms with Gasteiger partial charge in [-0.25, -0.2) is 0 Å². The van der Waals surface area contributed by atoms with E-state index in [-0.39, 0.29) is 17.2 Å². The van der Waals surface area contributed by atoms with Crippen molar-refractivity contribution in [1.29, 1.82) is 0 Å². The number of carbonyl (C=O) groups is 3. The van der Waals surface area contributed by atoms with Crippen LogP contribution in [0.3, 0.4) is 0 Å². The molecule has 0 aromatic carbocycles. The van der Waals surface area contributed by atoms with Crippen LogP contribution in [0.2, 0.25) is 0 Å². The Morgan fingerprint density at radius 3 is 2.74 bits per heavy atom. The molecule has 0 bridgehead atoms. The average molecular weight is 352 g/mol. The van der Waals surface area contributed by atoms with Crippen LogP contribution < -0.4 is 10.8 Å². The van der Waals surface area contributed by atoms with Crippen LogP contribution in [0.1, 0.15) is 18.4 Å². The number of thiocarbonyl (C=S) groups is 1. The number of carbonyl (C=O) groups excluding carboxylic acids is 3. The number of thioether (sulfide) groups is 1. The number of aliphatic carboxylic acids is 1. The number of nitrogens with zero attached hydrogens (tertiary/aromatic N) is 2. The molecule has 2 heterocycles. The second kappa shape index (κ2) is 6.97. The summed E-state index contributed by atoms with van der Waals surface area (Å²) in [4.78, 5) is 35.9. The van der Waals surface area contributed by atoms with E-state index in [1.165, 1.54) is 0 Å². The summed E-state index contributed by atoms with van der Waals surface area (Å²) in [6.07, 6.45) is 4.97. The maximum atomic E-state index is 12.5. The molecule has 1 aromatic heterocycles. The number of hydrogen-bond donors (Lipinski definition) is 1. The molecule has 2 rings (SSSR count). The van der Waals surface area contributed by atoms with E-state index in [1.807, 2.05) is 30.1 Å². The van der Waals surface area contributed by atoms with Crippen LogP contribution in [-0.4, -0.2) is 37.6 Å². The van der Waals surface area contributed by atoms with Gasteiger partial charge in [0, 0.05) is 25.9 Å². The third-order valence-electron chi connectivity index (χ3n) is 3.22. The first-order valence-corrected chi connectivity index (χ1v) is 7.90. The molecule has 2 N–H and O–H groups in total. The minimum atomic E-state index is -1.47. The van der Waals surface area contributed by atoms with Crippen molar-refractivity contribution < 1.29 is 19.5 Å². The van der Waals surface area contributed by atoms with Crippen LogP contribution in [0.15, 0.2) is 23.4 Å². The minimum absolute atomic E-state index is 0.121. The molecule has 122 valence electrons. The molecule has 7 nitrogen and oxygen atoms in total. The van der Waals surface area contributed by atoms with Crippen molar-refractivity contribution in [3.05, 3.63) is 28.9 Å². The topological polar surface area (TPSA) is 108 Å². The van der Waals surface area contributed by atoms with Gasteiger partial charge in [0.2, 0.25) is 5.91 Å². The molecule has 0 radical (unpaired) electrons. The highest BCUT2D eigenvalue weighted by atomic mass is 32.2. The van der Waals surface area contributed by atoms with Crippen LogP contribution in [0.25, 0.3) is 6.08 Å². The van der Waals surface area contributed by atoms with Crippen molar-refractivity contribution in [1.82, 2.24) is 9.47 Å². The predicted octanol–water partition coefficient (Wildman–Crippen LogP) is -0.390. The van der Waals surface area contributed by atoms with Gasteiger partial charge in [0.25, 0.3) is 5.91 Å². The number of hydrogen-bond acceptors (Lipinski definition) is 6. The summed E-state index contributed by atoms with van der Waals surface area (Å²) in [6, 6.07) is 0.507. The number of carboxylic acids is 1. The molecule has 0 unspecified atom stereocenters.